The first-order chi connectivity index (χ1) is 15.0. The molecule has 0 aliphatic carbocycles. The smallest absolute Gasteiger partial charge is 0.250 e. The lowest BCUT2D eigenvalue weighted by atomic mass is 10.2. The van der Waals surface area contributed by atoms with E-state index in [0.717, 1.165) is 56.9 Å². The maximum absolute atomic E-state index is 12.6. The zero-order chi connectivity index (χ0) is 21.7. The van der Waals surface area contributed by atoms with Crippen molar-refractivity contribution in [2.24, 2.45) is 0 Å². The van der Waals surface area contributed by atoms with Gasteiger partial charge in [0.05, 0.1) is 5.69 Å². The van der Waals surface area contributed by atoms with Crippen LogP contribution in [0.4, 0.5) is 0 Å². The Balaban J connectivity index is 1.18. The Bertz CT molecular complexity index is 1070. The summed E-state index contributed by atoms with van der Waals surface area (Å²) in [5.74, 6) is 0.585. The lowest BCUT2D eigenvalue weighted by molar-refractivity contribution is 0.126. The van der Waals surface area contributed by atoms with Crippen molar-refractivity contribution in [2.75, 3.05) is 39.3 Å². The van der Waals surface area contributed by atoms with Crippen molar-refractivity contribution in [2.45, 2.75) is 24.1 Å². The maximum atomic E-state index is 12.6. The van der Waals surface area contributed by atoms with E-state index in [0.29, 0.717) is 16.5 Å². The van der Waals surface area contributed by atoms with E-state index in [-0.39, 0.29) is 0 Å². The summed E-state index contributed by atoms with van der Waals surface area (Å²) in [6.45, 7) is 8.27. The molecule has 1 fully saturated rings. The van der Waals surface area contributed by atoms with Crippen LogP contribution in [0, 0.1) is 6.92 Å². The molecule has 31 heavy (non-hydrogen) atoms. The first-order valence-electron chi connectivity index (χ1n) is 10.5. The van der Waals surface area contributed by atoms with Gasteiger partial charge in [-0.3, -0.25) is 4.90 Å². The van der Waals surface area contributed by atoms with Crippen LogP contribution in [-0.2, 0) is 16.6 Å². The van der Waals surface area contributed by atoms with Crippen molar-refractivity contribution in [1.82, 2.24) is 19.7 Å². The molecular weight excluding hydrogens is 432 g/mol. The molecule has 9 heteroatoms. The van der Waals surface area contributed by atoms with Gasteiger partial charge in [-0.2, -0.15) is 0 Å². The molecular formula is C22H28N4O3S2. The molecule has 166 valence electrons. The van der Waals surface area contributed by atoms with Crippen LogP contribution in [0.15, 0.2) is 56.6 Å². The summed E-state index contributed by atoms with van der Waals surface area (Å²) < 4.78 is 33.4. The second-order valence-electron chi connectivity index (χ2n) is 7.84. The first-order valence-corrected chi connectivity index (χ1v) is 12.9. The van der Waals surface area contributed by atoms with Gasteiger partial charge in [-0.1, -0.05) is 35.5 Å². The Kier molecular flexibility index (Phi) is 7.19. The molecule has 2 aromatic heterocycles. The normalized spacial score (nSPS) is 16.0. The highest BCUT2D eigenvalue weighted by Gasteiger charge is 2.19. The van der Waals surface area contributed by atoms with Crippen molar-refractivity contribution in [1.29, 1.82) is 0 Å². The summed E-state index contributed by atoms with van der Waals surface area (Å²) in [6, 6.07) is 14.0. The van der Waals surface area contributed by atoms with E-state index in [2.05, 4.69) is 43.9 Å². The maximum Gasteiger partial charge on any atom is 0.250 e. The SMILES string of the molecule is Cc1cc(-c2csc(S(=O)(=O)NCCCN3CCN(Cc4ccccc4)CC3)c2)on1. The van der Waals surface area contributed by atoms with Gasteiger partial charge in [0.1, 0.15) is 4.21 Å². The highest BCUT2D eigenvalue weighted by molar-refractivity contribution is 7.91. The molecule has 0 bridgehead atoms. The number of nitrogens with zero attached hydrogens (tertiary/aromatic N) is 3. The third kappa shape index (κ3) is 6.02. The fourth-order valence-corrected chi connectivity index (χ4v) is 5.97. The van der Waals surface area contributed by atoms with Gasteiger partial charge in [-0.05, 0) is 31.5 Å². The van der Waals surface area contributed by atoms with Gasteiger partial charge in [0.25, 0.3) is 0 Å². The monoisotopic (exact) mass is 460 g/mol. The van der Waals surface area contributed by atoms with Crippen LogP contribution in [0.25, 0.3) is 11.3 Å². The van der Waals surface area contributed by atoms with E-state index in [1.54, 1.807) is 17.5 Å². The van der Waals surface area contributed by atoms with E-state index in [9.17, 15) is 8.42 Å². The minimum Gasteiger partial charge on any atom is -0.356 e. The standard InChI is InChI=1S/C22H28N4O3S2/c1-18-14-21(29-24-18)20-15-22(30-17-20)31(27,28)23-8-5-9-25-10-12-26(13-11-25)16-19-6-3-2-4-7-19/h2-4,6-7,14-15,17,23H,5,8-13,16H2,1H3. The zero-order valence-corrected chi connectivity index (χ0v) is 19.3. The number of aryl methyl sites for hydroxylation is 1. The summed E-state index contributed by atoms with van der Waals surface area (Å²) in [7, 11) is -3.51. The van der Waals surface area contributed by atoms with Gasteiger partial charge in [-0.25, -0.2) is 13.1 Å². The average Bonchev–Trinajstić information content (AvgIpc) is 3.43. The Labute approximate surface area is 187 Å². The molecule has 0 amide bonds. The van der Waals surface area contributed by atoms with E-state index in [1.165, 1.54) is 16.9 Å². The molecule has 3 aromatic rings. The van der Waals surface area contributed by atoms with Gasteiger partial charge in [0, 0.05) is 56.3 Å². The van der Waals surface area contributed by atoms with Gasteiger partial charge < -0.3 is 9.42 Å². The van der Waals surface area contributed by atoms with Crippen LogP contribution in [0.3, 0.4) is 0 Å². The number of benzene rings is 1. The number of piperazine rings is 1. The second kappa shape index (κ2) is 10.1. The number of nitrogens with one attached hydrogen (secondary N) is 1. The average molecular weight is 461 g/mol. The summed E-state index contributed by atoms with van der Waals surface area (Å²) in [5, 5.41) is 5.63. The Morgan fingerprint density at radius 3 is 2.55 bits per heavy atom. The molecule has 0 atom stereocenters. The molecule has 0 spiro atoms. The molecule has 3 heterocycles. The second-order valence-corrected chi connectivity index (χ2v) is 10.7. The molecule has 1 aliphatic heterocycles. The Hall–Kier alpha value is -2.04. The molecule has 0 radical (unpaired) electrons. The quantitative estimate of drug-likeness (QED) is 0.494. The summed E-state index contributed by atoms with van der Waals surface area (Å²) in [5.41, 5.74) is 2.85. The summed E-state index contributed by atoms with van der Waals surface area (Å²) in [6.07, 6.45) is 0.789. The van der Waals surface area contributed by atoms with E-state index in [4.69, 9.17) is 4.52 Å². The van der Waals surface area contributed by atoms with Crippen molar-refractivity contribution in [3.63, 3.8) is 0 Å². The Morgan fingerprint density at radius 2 is 1.84 bits per heavy atom. The Morgan fingerprint density at radius 1 is 1.10 bits per heavy atom. The molecule has 1 N–H and O–H groups in total. The van der Waals surface area contributed by atoms with Gasteiger partial charge >= 0.3 is 0 Å². The molecule has 4 rings (SSSR count). The number of sulfonamides is 1. The van der Waals surface area contributed by atoms with Gasteiger partial charge in [0.15, 0.2) is 5.76 Å². The topological polar surface area (TPSA) is 78.7 Å². The first kappa shape index (κ1) is 22.2. The minimum absolute atomic E-state index is 0.297. The van der Waals surface area contributed by atoms with Gasteiger partial charge in [0.2, 0.25) is 10.0 Å². The molecule has 7 nitrogen and oxygen atoms in total. The van der Waals surface area contributed by atoms with Crippen molar-refractivity contribution in [3.05, 3.63) is 59.1 Å². The van der Waals surface area contributed by atoms with Crippen LogP contribution in [-0.4, -0.2) is 62.6 Å². The number of rotatable bonds is 9. The van der Waals surface area contributed by atoms with Crippen LogP contribution in [0.1, 0.15) is 17.7 Å². The summed E-state index contributed by atoms with van der Waals surface area (Å²) in [4.78, 5) is 4.88. The predicted octanol–water partition coefficient (Wildman–Crippen LogP) is 3.20. The molecule has 1 aromatic carbocycles. The number of aromatic nitrogens is 1. The van der Waals surface area contributed by atoms with Crippen molar-refractivity contribution >= 4 is 21.4 Å². The lowest BCUT2D eigenvalue weighted by Crippen LogP contribution is -2.46. The van der Waals surface area contributed by atoms with Crippen LogP contribution in [0.2, 0.25) is 0 Å². The number of hydrogen-bond acceptors (Lipinski definition) is 7. The largest absolute Gasteiger partial charge is 0.356 e. The van der Waals surface area contributed by atoms with Crippen LogP contribution < -0.4 is 4.72 Å². The van der Waals surface area contributed by atoms with E-state index in [1.807, 2.05) is 13.0 Å². The number of hydrogen-bond donors (Lipinski definition) is 1. The van der Waals surface area contributed by atoms with E-state index >= 15 is 0 Å². The highest BCUT2D eigenvalue weighted by Crippen LogP contribution is 2.28. The van der Waals surface area contributed by atoms with E-state index < -0.39 is 10.0 Å². The fraction of sp³-hybridized carbons (Fsp3) is 0.409. The third-order valence-corrected chi connectivity index (χ3v) is 8.31. The highest BCUT2D eigenvalue weighted by atomic mass is 32.2. The third-order valence-electron chi connectivity index (χ3n) is 5.41. The van der Waals surface area contributed by atoms with Crippen molar-refractivity contribution in [3.8, 4) is 11.3 Å². The minimum atomic E-state index is -3.51. The van der Waals surface area contributed by atoms with Crippen molar-refractivity contribution < 1.29 is 12.9 Å². The molecule has 1 saturated heterocycles. The van der Waals surface area contributed by atoms with Gasteiger partial charge in [-0.15, -0.1) is 11.3 Å². The van der Waals surface area contributed by atoms with Crippen LogP contribution in [0.5, 0.6) is 0 Å². The predicted molar refractivity (Wildman–Crippen MR) is 123 cm³/mol. The molecule has 0 saturated carbocycles. The zero-order valence-electron chi connectivity index (χ0n) is 17.7. The number of thiophene rings is 1. The summed E-state index contributed by atoms with van der Waals surface area (Å²) >= 11 is 1.19. The van der Waals surface area contributed by atoms with Crippen LogP contribution >= 0.6 is 11.3 Å². The molecule has 0 unspecified atom stereocenters. The lowest BCUT2D eigenvalue weighted by Gasteiger charge is -2.34. The molecule has 1 aliphatic rings. The fourth-order valence-electron chi connectivity index (χ4n) is 3.68.